The Bertz CT molecular complexity index is 908. The molecular weight excluding hydrogens is 310 g/mol. The number of methoxy groups -OCH3 is 1. The van der Waals surface area contributed by atoms with Crippen molar-refractivity contribution >= 4 is 10.0 Å². The van der Waals surface area contributed by atoms with E-state index in [1.54, 1.807) is 49.7 Å². The minimum absolute atomic E-state index is 0.272. The van der Waals surface area contributed by atoms with E-state index in [1.165, 1.54) is 3.97 Å². The molecule has 3 rings (SSSR count). The van der Waals surface area contributed by atoms with Gasteiger partial charge in [0.2, 0.25) is 0 Å². The van der Waals surface area contributed by atoms with E-state index in [2.05, 4.69) is 0 Å². The summed E-state index contributed by atoms with van der Waals surface area (Å²) in [5.74, 6) is 0.730. The first-order valence-electron chi connectivity index (χ1n) is 7.16. The third-order valence-corrected chi connectivity index (χ3v) is 5.38. The van der Waals surface area contributed by atoms with Gasteiger partial charge < -0.3 is 4.74 Å². The Hall–Kier alpha value is -2.53. The van der Waals surface area contributed by atoms with Gasteiger partial charge >= 0.3 is 0 Å². The number of benzene rings is 2. The van der Waals surface area contributed by atoms with E-state index >= 15 is 0 Å². The van der Waals surface area contributed by atoms with Crippen molar-refractivity contribution in [2.24, 2.45) is 0 Å². The van der Waals surface area contributed by atoms with Gasteiger partial charge in [-0.05, 0) is 61.0 Å². The summed E-state index contributed by atoms with van der Waals surface area (Å²) in [4.78, 5) is 0.272. The smallest absolute Gasteiger partial charge is 0.268 e. The van der Waals surface area contributed by atoms with E-state index in [4.69, 9.17) is 4.74 Å². The fraction of sp³-hybridized carbons (Fsp3) is 0.111. The Kier molecular flexibility index (Phi) is 3.96. The van der Waals surface area contributed by atoms with Crippen LogP contribution in [-0.2, 0) is 10.0 Å². The van der Waals surface area contributed by atoms with E-state index < -0.39 is 10.0 Å². The van der Waals surface area contributed by atoms with Crippen LogP contribution in [0.3, 0.4) is 0 Å². The molecule has 0 radical (unpaired) electrons. The average molecular weight is 327 g/mol. The summed E-state index contributed by atoms with van der Waals surface area (Å²) in [7, 11) is -2.02. The summed E-state index contributed by atoms with van der Waals surface area (Å²) in [5, 5.41) is 0. The lowest BCUT2D eigenvalue weighted by Crippen LogP contribution is -2.13. The molecule has 3 aromatic rings. The zero-order chi connectivity index (χ0) is 16.4. The van der Waals surface area contributed by atoms with Crippen molar-refractivity contribution in [3.05, 3.63) is 72.4 Å². The van der Waals surface area contributed by atoms with Crippen LogP contribution in [0.15, 0.2) is 71.8 Å². The van der Waals surface area contributed by atoms with Crippen molar-refractivity contribution in [3.8, 4) is 17.0 Å². The molecule has 0 bridgehead atoms. The Morgan fingerprint density at radius 1 is 0.913 bits per heavy atom. The minimum Gasteiger partial charge on any atom is -0.497 e. The van der Waals surface area contributed by atoms with Gasteiger partial charge in [0.15, 0.2) is 0 Å². The molecule has 0 atom stereocenters. The van der Waals surface area contributed by atoms with Gasteiger partial charge in [-0.1, -0.05) is 17.7 Å². The SMILES string of the molecule is COc1ccc(-c2cccn2S(=O)(=O)c2ccc(C)cc2)cc1. The van der Waals surface area contributed by atoms with Crippen LogP contribution in [0.1, 0.15) is 5.56 Å². The first-order chi connectivity index (χ1) is 11.0. The van der Waals surface area contributed by atoms with Crippen molar-refractivity contribution in [2.75, 3.05) is 7.11 Å². The van der Waals surface area contributed by atoms with Gasteiger partial charge in [-0.2, -0.15) is 0 Å². The highest BCUT2D eigenvalue weighted by Gasteiger charge is 2.19. The highest BCUT2D eigenvalue weighted by atomic mass is 32.2. The molecule has 0 unspecified atom stereocenters. The first kappa shape index (κ1) is 15.4. The lowest BCUT2D eigenvalue weighted by atomic mass is 10.1. The third kappa shape index (κ3) is 2.87. The summed E-state index contributed by atoms with van der Waals surface area (Å²) in [6.45, 7) is 1.93. The highest BCUT2D eigenvalue weighted by molar-refractivity contribution is 7.90. The van der Waals surface area contributed by atoms with Crippen molar-refractivity contribution in [2.45, 2.75) is 11.8 Å². The van der Waals surface area contributed by atoms with Crippen molar-refractivity contribution in [1.82, 2.24) is 3.97 Å². The first-order valence-corrected chi connectivity index (χ1v) is 8.60. The van der Waals surface area contributed by atoms with Crippen LogP contribution >= 0.6 is 0 Å². The molecule has 118 valence electrons. The van der Waals surface area contributed by atoms with Crippen LogP contribution in [0.5, 0.6) is 5.75 Å². The zero-order valence-corrected chi connectivity index (χ0v) is 13.7. The maximum absolute atomic E-state index is 12.9. The normalized spacial score (nSPS) is 11.4. The Morgan fingerprint density at radius 3 is 2.17 bits per heavy atom. The molecule has 0 N–H and O–H groups in total. The largest absolute Gasteiger partial charge is 0.497 e. The molecule has 1 aromatic heterocycles. The third-order valence-electron chi connectivity index (χ3n) is 3.68. The van der Waals surface area contributed by atoms with Gasteiger partial charge in [-0.25, -0.2) is 12.4 Å². The van der Waals surface area contributed by atoms with Gasteiger partial charge in [-0.3, -0.25) is 0 Å². The number of nitrogens with zero attached hydrogens (tertiary/aromatic N) is 1. The molecule has 23 heavy (non-hydrogen) atoms. The molecule has 4 nitrogen and oxygen atoms in total. The number of hydrogen-bond donors (Lipinski definition) is 0. The molecular formula is C18H17NO3S. The molecule has 2 aromatic carbocycles. The monoisotopic (exact) mass is 327 g/mol. The van der Waals surface area contributed by atoms with Gasteiger partial charge in [0, 0.05) is 6.20 Å². The molecule has 1 heterocycles. The molecule has 0 fully saturated rings. The topological polar surface area (TPSA) is 48.3 Å². The fourth-order valence-electron chi connectivity index (χ4n) is 2.38. The van der Waals surface area contributed by atoms with Crippen LogP contribution in [0, 0.1) is 6.92 Å². The maximum Gasteiger partial charge on any atom is 0.268 e. The lowest BCUT2D eigenvalue weighted by molar-refractivity contribution is 0.415. The number of aryl methyl sites for hydroxylation is 1. The summed E-state index contributed by atoms with van der Waals surface area (Å²) in [6.07, 6.45) is 1.56. The van der Waals surface area contributed by atoms with E-state index in [0.717, 1.165) is 16.9 Å². The molecule has 5 heteroatoms. The van der Waals surface area contributed by atoms with Crippen molar-refractivity contribution in [3.63, 3.8) is 0 Å². The molecule has 0 saturated heterocycles. The Labute approximate surface area is 136 Å². The zero-order valence-electron chi connectivity index (χ0n) is 12.9. The Balaban J connectivity index is 2.07. The molecule has 0 aliphatic rings. The lowest BCUT2D eigenvalue weighted by Gasteiger charge is -2.11. The summed E-state index contributed by atoms with van der Waals surface area (Å²) in [5.41, 5.74) is 2.45. The van der Waals surface area contributed by atoms with E-state index in [9.17, 15) is 8.42 Å². The molecule has 0 amide bonds. The number of rotatable bonds is 4. The summed E-state index contributed by atoms with van der Waals surface area (Å²) in [6, 6.07) is 17.7. The predicted octanol–water partition coefficient (Wildman–Crippen LogP) is 3.71. The van der Waals surface area contributed by atoms with Gasteiger partial charge in [-0.15, -0.1) is 0 Å². The summed E-state index contributed by atoms with van der Waals surface area (Å²) < 4.78 is 32.2. The highest BCUT2D eigenvalue weighted by Crippen LogP contribution is 2.26. The van der Waals surface area contributed by atoms with Gasteiger partial charge in [0.25, 0.3) is 10.0 Å². The van der Waals surface area contributed by atoms with E-state index in [-0.39, 0.29) is 4.90 Å². The molecule has 0 saturated carbocycles. The average Bonchev–Trinajstić information content (AvgIpc) is 3.06. The molecule has 0 aliphatic carbocycles. The second-order valence-electron chi connectivity index (χ2n) is 5.24. The van der Waals surface area contributed by atoms with E-state index in [1.807, 2.05) is 31.2 Å². The second-order valence-corrected chi connectivity index (χ2v) is 7.05. The number of hydrogen-bond acceptors (Lipinski definition) is 3. The maximum atomic E-state index is 12.9. The van der Waals surface area contributed by atoms with Crippen LogP contribution in [0.4, 0.5) is 0 Å². The van der Waals surface area contributed by atoms with Gasteiger partial charge in [0.05, 0.1) is 17.7 Å². The quantitative estimate of drug-likeness (QED) is 0.734. The van der Waals surface area contributed by atoms with Crippen molar-refractivity contribution < 1.29 is 13.2 Å². The Morgan fingerprint density at radius 2 is 1.57 bits per heavy atom. The second kappa shape index (κ2) is 5.93. The van der Waals surface area contributed by atoms with Crippen molar-refractivity contribution in [1.29, 1.82) is 0 Å². The van der Waals surface area contributed by atoms with Crippen LogP contribution in [-0.4, -0.2) is 19.5 Å². The predicted molar refractivity (Wildman–Crippen MR) is 90.2 cm³/mol. The van der Waals surface area contributed by atoms with Gasteiger partial charge in [0.1, 0.15) is 5.75 Å². The van der Waals surface area contributed by atoms with Crippen LogP contribution in [0.2, 0.25) is 0 Å². The molecule has 0 aliphatic heterocycles. The number of ether oxygens (including phenoxy) is 1. The minimum atomic E-state index is -3.62. The van der Waals surface area contributed by atoms with E-state index in [0.29, 0.717) is 5.69 Å². The fourth-order valence-corrected chi connectivity index (χ4v) is 3.75. The standard InChI is InChI=1S/C18H17NO3S/c1-14-5-11-17(12-6-14)23(20,21)19-13-3-4-18(19)15-7-9-16(22-2)10-8-15/h3-13H,1-2H3. The van der Waals surface area contributed by atoms with Crippen LogP contribution in [0.25, 0.3) is 11.3 Å². The summed E-state index contributed by atoms with van der Waals surface area (Å²) >= 11 is 0. The molecule has 0 spiro atoms. The van der Waals surface area contributed by atoms with Crippen LogP contribution < -0.4 is 4.74 Å². The number of aromatic nitrogens is 1.